The van der Waals surface area contributed by atoms with Gasteiger partial charge in [0.05, 0.1) is 45.1 Å². The Morgan fingerprint density at radius 2 is 1.33 bits per heavy atom. The van der Waals surface area contributed by atoms with E-state index in [1.54, 1.807) is 26.5 Å². The van der Waals surface area contributed by atoms with Crippen LogP contribution in [0.15, 0.2) is 108 Å². The van der Waals surface area contributed by atoms with Crippen molar-refractivity contribution in [1.82, 2.24) is 19.8 Å². The fourth-order valence-electron chi connectivity index (χ4n) is 7.37. The second-order valence-electron chi connectivity index (χ2n) is 13.4. The second kappa shape index (κ2) is 16.6. The van der Waals surface area contributed by atoms with Gasteiger partial charge in [0, 0.05) is 25.2 Å². The average molecular weight is 759 g/mol. The Kier molecular flexibility index (Phi) is 11.9. The number of nitrogens with one attached hydrogen (secondary N) is 1. The first-order chi connectivity index (χ1) is 26.5. The zero-order chi connectivity index (χ0) is 39.3. The number of nitrogen functional groups attached to an aromatic ring is 1. The van der Waals surface area contributed by atoms with E-state index in [0.717, 1.165) is 21.3 Å². The zero-order valence-electron chi connectivity index (χ0n) is 30.3. The number of hydrogen-bond donors (Lipinski definition) is 7. The third-order valence-electron chi connectivity index (χ3n) is 10.1. The molecule has 0 saturated carbocycles. The molecule has 2 saturated heterocycles. The van der Waals surface area contributed by atoms with E-state index in [1.165, 1.54) is 17.2 Å². The van der Waals surface area contributed by atoms with Crippen molar-refractivity contribution in [2.75, 3.05) is 33.2 Å². The van der Waals surface area contributed by atoms with E-state index in [-0.39, 0.29) is 31.9 Å². The molecule has 0 aliphatic carbocycles. The minimum atomic E-state index is -1.47. The number of rotatable bonds is 10. The average Bonchev–Trinajstić information content (AvgIpc) is 3.77. The van der Waals surface area contributed by atoms with Gasteiger partial charge in [0.15, 0.2) is 12.5 Å². The molecule has 3 aromatic carbocycles. The number of urea groups is 1. The number of hydrogen-bond acceptors (Lipinski definition) is 13. The maximum atomic E-state index is 13.7. The minimum Gasteiger partial charge on any atom is -0.497 e. The fraction of sp³-hybridized carbons (Fsp3) is 0.359. The van der Waals surface area contributed by atoms with Crippen LogP contribution < -0.4 is 31.9 Å². The second-order valence-corrected chi connectivity index (χ2v) is 13.4. The van der Waals surface area contributed by atoms with Gasteiger partial charge in [-0.05, 0) is 53.1 Å². The predicted octanol–water partition coefficient (Wildman–Crippen LogP) is 1.17. The molecule has 1 aromatic heterocycles. The van der Waals surface area contributed by atoms with Gasteiger partial charge in [0.25, 0.3) is 0 Å². The molecule has 55 heavy (non-hydrogen) atoms. The van der Waals surface area contributed by atoms with Crippen LogP contribution in [0.4, 0.5) is 10.6 Å². The van der Waals surface area contributed by atoms with Crippen LogP contribution in [0.3, 0.4) is 0 Å². The van der Waals surface area contributed by atoms with Crippen molar-refractivity contribution in [1.29, 1.82) is 0 Å². The number of nitrogens with zero attached hydrogens (tertiary/aromatic N) is 3. The number of carbonyl (C=O) groups excluding carboxylic acids is 1. The molecule has 7 atom stereocenters. The first kappa shape index (κ1) is 39.4. The molecule has 0 spiro atoms. The van der Waals surface area contributed by atoms with Crippen molar-refractivity contribution in [3.05, 3.63) is 131 Å². The van der Waals surface area contributed by atoms with Crippen LogP contribution in [0.1, 0.15) is 35.8 Å². The highest BCUT2D eigenvalue weighted by atomic mass is 16.6. The topological polar surface area (TPSA) is 237 Å². The summed E-state index contributed by atoms with van der Waals surface area (Å²) < 4.78 is 23.0. The number of aliphatic hydroxyl groups excluding tert-OH is 4. The Balaban J connectivity index is 0.000000268. The number of methoxy groups -OCH3 is 2. The van der Waals surface area contributed by atoms with Crippen LogP contribution in [-0.2, 0) is 14.9 Å². The van der Waals surface area contributed by atoms with Crippen LogP contribution >= 0.6 is 0 Å². The number of anilines is 1. The van der Waals surface area contributed by atoms with Crippen molar-refractivity contribution in [3.63, 3.8) is 0 Å². The molecular weight excluding hydrogens is 712 g/mol. The Morgan fingerprint density at radius 1 is 0.818 bits per heavy atom. The minimum absolute atomic E-state index is 0.118. The maximum absolute atomic E-state index is 13.7. The zero-order valence-corrected chi connectivity index (χ0v) is 30.3. The van der Waals surface area contributed by atoms with E-state index < -0.39 is 59.7 Å². The molecular formula is C39H46N6O10. The molecule has 292 valence electrons. The number of amides is 2. The van der Waals surface area contributed by atoms with Crippen molar-refractivity contribution >= 4 is 11.8 Å². The van der Waals surface area contributed by atoms with E-state index in [4.69, 9.17) is 35.5 Å². The van der Waals surface area contributed by atoms with E-state index in [1.807, 2.05) is 78.9 Å². The first-order valence-electron chi connectivity index (χ1n) is 17.6. The molecule has 0 bridgehead atoms. The van der Waals surface area contributed by atoms with Gasteiger partial charge >= 0.3 is 11.7 Å². The van der Waals surface area contributed by atoms with E-state index in [0.29, 0.717) is 11.5 Å². The van der Waals surface area contributed by atoms with E-state index >= 15 is 0 Å². The molecule has 0 radical (unpaired) electrons. The highest BCUT2D eigenvalue weighted by Crippen LogP contribution is 2.48. The summed E-state index contributed by atoms with van der Waals surface area (Å²) >= 11 is 0. The van der Waals surface area contributed by atoms with Crippen LogP contribution in [0.2, 0.25) is 0 Å². The predicted molar refractivity (Wildman–Crippen MR) is 200 cm³/mol. The molecule has 4 aromatic rings. The molecule has 3 aliphatic rings. The lowest BCUT2D eigenvalue weighted by Crippen LogP contribution is -2.72. The number of benzene rings is 3. The highest BCUT2D eigenvalue weighted by molar-refractivity contribution is 5.80. The summed E-state index contributed by atoms with van der Waals surface area (Å²) in [6.45, 7) is -0.440. The summed E-state index contributed by atoms with van der Waals surface area (Å²) in [5, 5.41) is 41.6. The lowest BCUT2D eigenvalue weighted by atomic mass is 9.61. The summed E-state index contributed by atoms with van der Waals surface area (Å²) in [4.78, 5) is 30.0. The number of nitrogens with two attached hydrogens (primary N) is 2. The number of carbonyl (C=O) groups is 1. The van der Waals surface area contributed by atoms with Crippen LogP contribution in [0.25, 0.3) is 0 Å². The van der Waals surface area contributed by atoms with Crippen LogP contribution in [0.5, 0.6) is 11.5 Å². The molecule has 4 heterocycles. The molecule has 2 fully saturated rings. The van der Waals surface area contributed by atoms with E-state index in [9.17, 15) is 24.9 Å². The van der Waals surface area contributed by atoms with Gasteiger partial charge < -0.3 is 56.2 Å². The van der Waals surface area contributed by atoms with Gasteiger partial charge in [0.1, 0.15) is 35.2 Å². The van der Waals surface area contributed by atoms with Gasteiger partial charge in [-0.2, -0.15) is 4.98 Å². The molecule has 2 amide bonds. The SMILES string of the molecule is COc1ccc(C(c2ccccc2)(c2ccc(OC)cc2)C2(N)C=CN([C@@H]3O[C@H](CO)C[C@H]3O)C(=O)N2)cc1.Nc1ccn([C@@H]2O[C@H](CO)C[C@H]2O)c(=O)n1. The smallest absolute Gasteiger partial charge is 0.351 e. The molecule has 3 aliphatic heterocycles. The van der Waals surface area contributed by atoms with Crippen LogP contribution in [0, 0.1) is 0 Å². The number of aliphatic hydroxyl groups is 4. The van der Waals surface area contributed by atoms with Crippen molar-refractivity contribution < 1.29 is 44.2 Å². The highest BCUT2D eigenvalue weighted by Gasteiger charge is 2.55. The van der Waals surface area contributed by atoms with Crippen molar-refractivity contribution in [2.24, 2.45) is 5.73 Å². The Labute approximate surface area is 317 Å². The molecule has 9 N–H and O–H groups in total. The first-order valence-corrected chi connectivity index (χ1v) is 17.6. The number of ether oxygens (including phenoxy) is 4. The summed E-state index contributed by atoms with van der Waals surface area (Å²) in [6.07, 6.45) is 0.644. The fourth-order valence-corrected chi connectivity index (χ4v) is 7.37. The third-order valence-corrected chi connectivity index (χ3v) is 10.1. The van der Waals surface area contributed by atoms with Gasteiger partial charge in [-0.15, -0.1) is 0 Å². The molecule has 7 rings (SSSR count). The van der Waals surface area contributed by atoms with Crippen molar-refractivity contribution in [2.45, 2.75) is 60.8 Å². The summed E-state index contributed by atoms with van der Waals surface area (Å²) in [6, 6.07) is 25.8. The third kappa shape index (κ3) is 7.66. The normalized spacial score (nSPS) is 26.2. The molecule has 16 nitrogen and oxygen atoms in total. The van der Waals surface area contributed by atoms with Gasteiger partial charge in [0.2, 0.25) is 0 Å². The Bertz CT molecular complexity index is 1950. The van der Waals surface area contributed by atoms with E-state index in [2.05, 4.69) is 10.3 Å². The summed E-state index contributed by atoms with van der Waals surface area (Å²) in [5.41, 5.74) is 11.9. The standard InChI is InChI=1S/C30H33N3O6.C9H13N3O4/c1-37-23-12-8-21(9-13-23)30(20-6-4-3-5-7-20,22-10-14-24(38-2)15-11-22)29(31)16-17-33(28(36)32-29)27-26(35)18-25(19-34)39-27;10-7-1-2-12(9(15)11-7)8-6(14)3-5(4-13)16-8/h3-17,25-27,34-35H,18-19,31H2,1-2H3,(H,32,36);1-2,5-6,8,13-14H,3-4H2,(H2,10,11,15)/t25-,26+,27+,29?;5-,6+,8+/m00/s1. The van der Waals surface area contributed by atoms with Crippen molar-refractivity contribution in [3.8, 4) is 11.5 Å². The lowest BCUT2D eigenvalue weighted by molar-refractivity contribution is -0.0664. The van der Waals surface area contributed by atoms with Gasteiger partial charge in [-0.3, -0.25) is 9.47 Å². The molecule has 1 unspecified atom stereocenters. The van der Waals surface area contributed by atoms with Crippen LogP contribution in [-0.4, -0.2) is 105 Å². The van der Waals surface area contributed by atoms with Gasteiger partial charge in [-0.25, -0.2) is 9.59 Å². The van der Waals surface area contributed by atoms with Gasteiger partial charge in [-0.1, -0.05) is 54.6 Å². The Hall–Kier alpha value is -5.33. The Morgan fingerprint density at radius 3 is 1.80 bits per heavy atom. The number of aromatic nitrogens is 2. The maximum Gasteiger partial charge on any atom is 0.351 e. The summed E-state index contributed by atoms with van der Waals surface area (Å²) in [5.74, 6) is 1.48. The summed E-state index contributed by atoms with van der Waals surface area (Å²) in [7, 11) is 3.21. The lowest BCUT2D eigenvalue weighted by Gasteiger charge is -2.51. The molecule has 16 heteroatoms. The quantitative estimate of drug-likeness (QED) is 0.113. The largest absolute Gasteiger partial charge is 0.497 e. The monoisotopic (exact) mass is 758 g/mol.